The van der Waals surface area contributed by atoms with Crippen LogP contribution < -0.4 is 26.2 Å². The maximum atomic E-state index is 2.73. The number of hydrogen-bond donors (Lipinski definition) is 0. The summed E-state index contributed by atoms with van der Waals surface area (Å²) in [4.78, 5) is 5.45. The van der Waals surface area contributed by atoms with E-state index in [0.29, 0.717) is 0 Å². The minimum absolute atomic E-state index is 0.0869. The molecule has 0 bridgehead atoms. The topological polar surface area (TPSA) is 6.48 Å². The normalized spacial score (nSPS) is 22.8. The maximum absolute atomic E-state index is 2.73. The summed E-state index contributed by atoms with van der Waals surface area (Å²) in [5.74, 6) is 0. The highest BCUT2D eigenvalue weighted by atomic mass is 15.2. The predicted molar refractivity (Wildman–Crippen MR) is 272 cm³/mol. The van der Waals surface area contributed by atoms with Crippen LogP contribution in [0.4, 0.5) is 34.1 Å². The highest BCUT2D eigenvalue weighted by Gasteiger charge is 2.49. The number of aryl methyl sites for hydroxylation is 1. The number of nitrogens with zero attached hydrogens (tertiary/aromatic N) is 2. The van der Waals surface area contributed by atoms with E-state index in [1.165, 1.54) is 128 Å². The van der Waals surface area contributed by atoms with Crippen LogP contribution in [0.25, 0.3) is 0 Å². The van der Waals surface area contributed by atoms with Gasteiger partial charge in [-0.05, 0) is 211 Å². The van der Waals surface area contributed by atoms with E-state index in [-0.39, 0.29) is 44.6 Å². The standard InChI is InChI=1S/C60H73BN2/c1-36-26-51-53-52(27-36)63(40-18-19-41-42(29-40)56(6,7)21-20-55(41,4)5)50-33-46-44(58(10,11)23-25-60(46,14)15)31-48(50)61(53)47-30-43-45(59(12,13)24-22-57(43,8)9)32-49(47)62(51)39-17-16-37-34-54(2,3)35-38(37)28-39/h16-19,26-33H,20-25,34-35H2,1-15H3. The Hall–Kier alpha value is -4.24. The van der Waals surface area contributed by atoms with E-state index in [9.17, 15) is 0 Å². The van der Waals surface area contributed by atoms with Crippen LogP contribution in [0.15, 0.2) is 72.8 Å². The lowest BCUT2D eigenvalue weighted by atomic mass is 9.32. The van der Waals surface area contributed by atoms with E-state index in [2.05, 4.69) is 186 Å². The highest BCUT2D eigenvalue weighted by Crippen LogP contribution is 2.54. The average molecular weight is 833 g/mol. The maximum Gasteiger partial charge on any atom is 0.252 e. The molecule has 0 unspecified atom stereocenters. The van der Waals surface area contributed by atoms with Crippen molar-refractivity contribution in [3.63, 3.8) is 0 Å². The smallest absolute Gasteiger partial charge is 0.252 e. The lowest BCUT2D eigenvalue weighted by molar-refractivity contribution is 0.332. The van der Waals surface area contributed by atoms with E-state index in [0.717, 1.165) is 12.8 Å². The first kappa shape index (κ1) is 41.5. The molecule has 0 spiro atoms. The molecule has 0 amide bonds. The van der Waals surface area contributed by atoms with Gasteiger partial charge in [-0.15, -0.1) is 0 Å². The zero-order valence-electron chi connectivity index (χ0n) is 41.6. The van der Waals surface area contributed by atoms with Gasteiger partial charge in [0.25, 0.3) is 6.71 Å². The second kappa shape index (κ2) is 12.8. The molecule has 5 aromatic rings. The fraction of sp³-hybridized carbons (Fsp3) is 0.500. The molecule has 3 heteroatoms. The van der Waals surface area contributed by atoms with Crippen molar-refractivity contribution in [2.45, 2.75) is 188 Å². The Morgan fingerprint density at radius 1 is 0.381 bits per heavy atom. The van der Waals surface area contributed by atoms with Gasteiger partial charge in [0.15, 0.2) is 0 Å². The van der Waals surface area contributed by atoms with Crippen molar-refractivity contribution in [1.82, 2.24) is 0 Å². The molecule has 0 atom stereocenters. The minimum atomic E-state index is 0.0869. The molecule has 11 rings (SSSR count). The second-order valence-corrected chi connectivity index (χ2v) is 26.2. The molecule has 326 valence electrons. The summed E-state index contributed by atoms with van der Waals surface area (Å²) in [5.41, 5.74) is 26.9. The Balaban J connectivity index is 1.26. The van der Waals surface area contributed by atoms with E-state index in [4.69, 9.17) is 0 Å². The first-order valence-corrected chi connectivity index (χ1v) is 24.7. The highest BCUT2D eigenvalue weighted by molar-refractivity contribution is 7.00. The van der Waals surface area contributed by atoms with E-state index < -0.39 is 0 Å². The fourth-order valence-electron chi connectivity index (χ4n) is 13.7. The zero-order valence-corrected chi connectivity index (χ0v) is 41.6. The van der Waals surface area contributed by atoms with Crippen molar-refractivity contribution in [2.75, 3.05) is 9.80 Å². The molecular weight excluding hydrogens is 759 g/mol. The van der Waals surface area contributed by atoms with Gasteiger partial charge in [0.2, 0.25) is 0 Å². The molecule has 2 nitrogen and oxygen atoms in total. The minimum Gasteiger partial charge on any atom is -0.311 e. The number of anilines is 6. The van der Waals surface area contributed by atoms with Crippen molar-refractivity contribution < 1.29 is 0 Å². The quantitative estimate of drug-likeness (QED) is 0.160. The number of rotatable bonds is 2. The van der Waals surface area contributed by atoms with Crippen LogP contribution in [0.3, 0.4) is 0 Å². The Labute approximate surface area is 381 Å². The summed E-state index contributed by atoms with van der Waals surface area (Å²) < 4.78 is 0. The van der Waals surface area contributed by atoms with Crippen molar-refractivity contribution in [2.24, 2.45) is 5.41 Å². The number of fused-ring (bicyclic) bond motifs is 8. The van der Waals surface area contributed by atoms with Gasteiger partial charge in [-0.25, -0.2) is 0 Å². The summed E-state index contributed by atoms with van der Waals surface area (Å²) in [6.07, 6.45) is 9.50. The number of hydrogen-bond acceptors (Lipinski definition) is 2. The van der Waals surface area contributed by atoms with E-state index >= 15 is 0 Å². The van der Waals surface area contributed by atoms with Gasteiger partial charge in [0.05, 0.1) is 0 Å². The molecule has 0 radical (unpaired) electrons. The molecule has 4 aliphatic carbocycles. The predicted octanol–water partition coefficient (Wildman–Crippen LogP) is 14.2. The van der Waals surface area contributed by atoms with Crippen molar-refractivity contribution >= 4 is 57.2 Å². The van der Waals surface area contributed by atoms with Crippen LogP contribution in [0.2, 0.25) is 0 Å². The van der Waals surface area contributed by atoms with Crippen LogP contribution in [-0.2, 0) is 45.3 Å². The van der Waals surface area contributed by atoms with Gasteiger partial charge >= 0.3 is 0 Å². The molecule has 2 aliphatic heterocycles. The fourth-order valence-corrected chi connectivity index (χ4v) is 13.7. The summed E-state index contributed by atoms with van der Waals surface area (Å²) in [6.45, 7) is 37.3. The third-order valence-corrected chi connectivity index (χ3v) is 18.0. The Morgan fingerprint density at radius 2 is 0.762 bits per heavy atom. The van der Waals surface area contributed by atoms with Crippen molar-refractivity contribution in [3.05, 3.63) is 123 Å². The zero-order chi connectivity index (χ0) is 44.8. The SMILES string of the molecule is Cc1cc2c3c(c1)N(c1ccc4c(c1)C(C)(C)CCC4(C)C)c1cc4c(cc1B3c1cc3c(cc1N2c1ccc2c(c1)CC(C)(C)C2)C(C)(C)CCC3(C)C)C(C)(C)CCC4(C)C. The average Bonchev–Trinajstić information content (AvgIpc) is 3.52. The lowest BCUT2D eigenvalue weighted by Crippen LogP contribution is -2.62. The molecule has 6 aliphatic rings. The summed E-state index contributed by atoms with van der Waals surface area (Å²) >= 11 is 0. The molecule has 0 saturated carbocycles. The Kier molecular flexibility index (Phi) is 8.40. The molecule has 63 heavy (non-hydrogen) atoms. The number of benzene rings is 5. The summed E-state index contributed by atoms with van der Waals surface area (Å²) in [7, 11) is 0. The van der Waals surface area contributed by atoms with Gasteiger partial charge in [-0.1, -0.05) is 121 Å². The van der Waals surface area contributed by atoms with Gasteiger partial charge < -0.3 is 9.80 Å². The van der Waals surface area contributed by atoms with Crippen LogP contribution in [-0.4, -0.2) is 6.71 Å². The Morgan fingerprint density at radius 3 is 1.24 bits per heavy atom. The van der Waals surface area contributed by atoms with E-state index in [1.54, 1.807) is 11.1 Å². The van der Waals surface area contributed by atoms with E-state index in [1.807, 2.05) is 0 Å². The largest absolute Gasteiger partial charge is 0.311 e. The monoisotopic (exact) mass is 833 g/mol. The molecule has 2 heterocycles. The van der Waals surface area contributed by atoms with Gasteiger partial charge in [0, 0.05) is 34.1 Å². The molecule has 0 N–H and O–H groups in total. The summed E-state index contributed by atoms with van der Waals surface area (Å²) in [6, 6.07) is 31.0. The first-order chi connectivity index (χ1) is 29.3. The Bertz CT molecular complexity index is 2810. The molecule has 0 saturated heterocycles. The van der Waals surface area contributed by atoms with Crippen LogP contribution in [0, 0.1) is 12.3 Å². The third-order valence-electron chi connectivity index (χ3n) is 18.0. The van der Waals surface area contributed by atoms with Crippen LogP contribution in [0.1, 0.15) is 186 Å². The third kappa shape index (κ3) is 6.02. The molecular formula is C60H73BN2. The molecule has 5 aromatic carbocycles. The summed E-state index contributed by atoms with van der Waals surface area (Å²) in [5, 5.41) is 0. The van der Waals surface area contributed by atoms with Gasteiger partial charge in [-0.3, -0.25) is 0 Å². The van der Waals surface area contributed by atoms with Gasteiger partial charge in [-0.2, -0.15) is 0 Å². The van der Waals surface area contributed by atoms with Crippen molar-refractivity contribution in [3.8, 4) is 0 Å². The molecule has 0 fully saturated rings. The van der Waals surface area contributed by atoms with Crippen LogP contribution >= 0.6 is 0 Å². The van der Waals surface area contributed by atoms with Crippen molar-refractivity contribution in [1.29, 1.82) is 0 Å². The molecule has 0 aromatic heterocycles. The second-order valence-electron chi connectivity index (χ2n) is 26.2. The first-order valence-electron chi connectivity index (χ1n) is 24.7. The van der Waals surface area contributed by atoms with Gasteiger partial charge in [0.1, 0.15) is 0 Å². The lowest BCUT2D eigenvalue weighted by Gasteiger charge is -2.49. The van der Waals surface area contributed by atoms with Crippen LogP contribution in [0.5, 0.6) is 0 Å².